The van der Waals surface area contributed by atoms with E-state index in [2.05, 4.69) is 38.7 Å². The molecule has 3 aromatic heterocycles. The van der Waals surface area contributed by atoms with Crippen molar-refractivity contribution in [3.8, 4) is 11.1 Å². The molecule has 7 nitrogen and oxygen atoms in total. The van der Waals surface area contributed by atoms with Gasteiger partial charge in [-0.1, -0.05) is 43.3 Å². The SMILES string of the molecule is Cc1ccc([C@@H](C)CN[C@@H](C(=O)Nc2ccc(-c3cnn(C)c3)cn2)c2ccccc2)cn1. The summed E-state index contributed by atoms with van der Waals surface area (Å²) in [7, 11) is 1.87. The van der Waals surface area contributed by atoms with Crippen LogP contribution in [0.5, 0.6) is 0 Å². The van der Waals surface area contributed by atoms with Crippen molar-refractivity contribution >= 4 is 11.7 Å². The molecule has 168 valence electrons. The van der Waals surface area contributed by atoms with E-state index in [0.717, 1.165) is 27.9 Å². The molecule has 0 aliphatic heterocycles. The van der Waals surface area contributed by atoms with Crippen LogP contribution < -0.4 is 10.6 Å². The molecule has 3 heterocycles. The summed E-state index contributed by atoms with van der Waals surface area (Å²) in [5.74, 6) is 0.553. The molecule has 0 unspecified atom stereocenters. The standard InChI is InChI=1S/C26H28N6O/c1-18(21-10-9-19(2)27-14-21)13-29-25(20-7-5-4-6-8-20)26(33)31-24-12-11-22(15-28-24)23-16-30-32(3)17-23/h4-12,14-18,25,29H,13H2,1-3H3,(H,28,31,33)/t18-,25+/m0/s1. The van der Waals surface area contributed by atoms with Crippen LogP contribution in [-0.4, -0.2) is 32.2 Å². The number of pyridine rings is 2. The lowest BCUT2D eigenvalue weighted by Crippen LogP contribution is -2.35. The van der Waals surface area contributed by atoms with E-state index in [1.165, 1.54) is 0 Å². The zero-order chi connectivity index (χ0) is 23.2. The van der Waals surface area contributed by atoms with Gasteiger partial charge in [0.1, 0.15) is 11.9 Å². The summed E-state index contributed by atoms with van der Waals surface area (Å²) >= 11 is 0. The summed E-state index contributed by atoms with van der Waals surface area (Å²) in [6, 6.07) is 17.0. The van der Waals surface area contributed by atoms with Crippen LogP contribution in [0.25, 0.3) is 11.1 Å². The number of nitrogens with one attached hydrogen (secondary N) is 2. The van der Waals surface area contributed by atoms with E-state index in [-0.39, 0.29) is 11.8 Å². The fraction of sp³-hybridized carbons (Fsp3) is 0.231. The molecule has 0 spiro atoms. The van der Waals surface area contributed by atoms with Crippen LogP contribution in [-0.2, 0) is 11.8 Å². The van der Waals surface area contributed by atoms with Gasteiger partial charge in [0.15, 0.2) is 0 Å². The molecule has 4 aromatic rings. The highest BCUT2D eigenvalue weighted by Crippen LogP contribution is 2.21. The van der Waals surface area contributed by atoms with Gasteiger partial charge in [0, 0.05) is 49.0 Å². The molecular weight excluding hydrogens is 412 g/mol. The lowest BCUT2D eigenvalue weighted by molar-refractivity contribution is -0.118. The van der Waals surface area contributed by atoms with Gasteiger partial charge in [-0.05, 0) is 42.2 Å². The minimum Gasteiger partial charge on any atom is -0.309 e. The first kappa shape index (κ1) is 22.4. The zero-order valence-electron chi connectivity index (χ0n) is 19.1. The number of nitrogens with zero attached hydrogens (tertiary/aromatic N) is 4. The predicted molar refractivity (Wildman–Crippen MR) is 130 cm³/mol. The number of aryl methyl sites for hydroxylation is 2. The van der Waals surface area contributed by atoms with Crippen molar-refractivity contribution in [2.24, 2.45) is 7.05 Å². The Morgan fingerprint density at radius 1 is 0.939 bits per heavy atom. The third kappa shape index (κ3) is 5.70. The second-order valence-electron chi connectivity index (χ2n) is 8.21. The third-order valence-corrected chi connectivity index (χ3v) is 5.58. The van der Waals surface area contributed by atoms with Crippen molar-refractivity contribution in [2.45, 2.75) is 25.8 Å². The average Bonchev–Trinajstić information content (AvgIpc) is 3.27. The summed E-state index contributed by atoms with van der Waals surface area (Å²) < 4.78 is 1.74. The number of amides is 1. The molecule has 0 saturated heterocycles. The Kier molecular flexibility index (Phi) is 6.90. The minimum atomic E-state index is -0.508. The molecule has 2 atom stereocenters. The Balaban J connectivity index is 1.46. The first-order valence-corrected chi connectivity index (χ1v) is 11.0. The van der Waals surface area contributed by atoms with Crippen molar-refractivity contribution < 1.29 is 4.79 Å². The molecule has 4 rings (SSSR count). The lowest BCUT2D eigenvalue weighted by Gasteiger charge is -2.21. The molecule has 0 bridgehead atoms. The summed E-state index contributed by atoms with van der Waals surface area (Å²) in [4.78, 5) is 22.0. The molecule has 0 saturated carbocycles. The van der Waals surface area contributed by atoms with Crippen molar-refractivity contribution in [1.82, 2.24) is 25.1 Å². The average molecular weight is 441 g/mol. The molecule has 1 amide bonds. The van der Waals surface area contributed by atoms with Crippen LogP contribution >= 0.6 is 0 Å². The van der Waals surface area contributed by atoms with Gasteiger partial charge < -0.3 is 10.6 Å². The van der Waals surface area contributed by atoms with Gasteiger partial charge in [0.05, 0.1) is 6.20 Å². The van der Waals surface area contributed by atoms with E-state index in [0.29, 0.717) is 12.4 Å². The van der Waals surface area contributed by atoms with Crippen LogP contribution in [0.2, 0.25) is 0 Å². The van der Waals surface area contributed by atoms with Crippen molar-refractivity contribution in [3.05, 3.63) is 96.2 Å². The van der Waals surface area contributed by atoms with E-state index < -0.39 is 6.04 Å². The van der Waals surface area contributed by atoms with Crippen LogP contribution in [0.4, 0.5) is 5.82 Å². The van der Waals surface area contributed by atoms with E-state index in [4.69, 9.17) is 0 Å². The summed E-state index contributed by atoms with van der Waals surface area (Å²) in [6.45, 7) is 4.73. The van der Waals surface area contributed by atoms with Crippen LogP contribution in [0.15, 0.2) is 79.4 Å². The maximum absolute atomic E-state index is 13.2. The molecule has 0 aliphatic rings. The Bertz CT molecular complexity index is 1190. The van der Waals surface area contributed by atoms with Crippen molar-refractivity contribution in [3.63, 3.8) is 0 Å². The van der Waals surface area contributed by atoms with Gasteiger partial charge in [0.2, 0.25) is 5.91 Å². The monoisotopic (exact) mass is 440 g/mol. The highest BCUT2D eigenvalue weighted by molar-refractivity contribution is 5.95. The maximum Gasteiger partial charge on any atom is 0.247 e. The number of rotatable bonds is 8. The number of anilines is 1. The Hall–Kier alpha value is -3.84. The molecule has 0 radical (unpaired) electrons. The summed E-state index contributed by atoms with van der Waals surface area (Å²) in [6.07, 6.45) is 7.35. The summed E-state index contributed by atoms with van der Waals surface area (Å²) in [5, 5.41) is 10.6. The number of carbonyl (C=O) groups excluding carboxylic acids is 1. The second-order valence-corrected chi connectivity index (χ2v) is 8.21. The number of carbonyl (C=O) groups is 1. The third-order valence-electron chi connectivity index (χ3n) is 5.58. The number of benzene rings is 1. The highest BCUT2D eigenvalue weighted by Gasteiger charge is 2.22. The second kappa shape index (κ2) is 10.2. The van der Waals surface area contributed by atoms with Crippen molar-refractivity contribution in [2.75, 3.05) is 11.9 Å². The fourth-order valence-electron chi connectivity index (χ4n) is 3.60. The van der Waals surface area contributed by atoms with Crippen LogP contribution in [0.3, 0.4) is 0 Å². The number of hydrogen-bond acceptors (Lipinski definition) is 5. The van der Waals surface area contributed by atoms with E-state index in [1.54, 1.807) is 17.1 Å². The van der Waals surface area contributed by atoms with Gasteiger partial charge in [-0.25, -0.2) is 4.98 Å². The maximum atomic E-state index is 13.2. The Labute approximate surface area is 193 Å². The van der Waals surface area contributed by atoms with E-state index >= 15 is 0 Å². The smallest absolute Gasteiger partial charge is 0.247 e. The Morgan fingerprint density at radius 2 is 1.76 bits per heavy atom. The minimum absolute atomic E-state index is 0.156. The Morgan fingerprint density at radius 3 is 2.39 bits per heavy atom. The van der Waals surface area contributed by atoms with Crippen LogP contribution in [0, 0.1) is 6.92 Å². The van der Waals surface area contributed by atoms with Gasteiger partial charge in [-0.2, -0.15) is 5.10 Å². The number of aromatic nitrogens is 4. The molecular formula is C26H28N6O. The van der Waals surface area contributed by atoms with E-state index in [1.807, 2.05) is 74.9 Å². The predicted octanol–water partition coefficient (Wildman–Crippen LogP) is 4.26. The lowest BCUT2D eigenvalue weighted by atomic mass is 10.0. The van der Waals surface area contributed by atoms with Gasteiger partial charge in [0.25, 0.3) is 0 Å². The van der Waals surface area contributed by atoms with Gasteiger partial charge in [-0.15, -0.1) is 0 Å². The molecule has 2 N–H and O–H groups in total. The highest BCUT2D eigenvalue weighted by atomic mass is 16.2. The van der Waals surface area contributed by atoms with E-state index in [9.17, 15) is 4.79 Å². The first-order chi connectivity index (χ1) is 16.0. The summed E-state index contributed by atoms with van der Waals surface area (Å²) in [5.41, 5.74) is 4.94. The molecule has 33 heavy (non-hydrogen) atoms. The first-order valence-electron chi connectivity index (χ1n) is 11.0. The molecule has 1 aromatic carbocycles. The van der Waals surface area contributed by atoms with Crippen LogP contribution in [0.1, 0.15) is 35.7 Å². The van der Waals surface area contributed by atoms with Gasteiger partial charge >= 0.3 is 0 Å². The molecule has 0 fully saturated rings. The molecule has 0 aliphatic carbocycles. The normalized spacial score (nSPS) is 12.8. The zero-order valence-corrected chi connectivity index (χ0v) is 19.1. The number of hydrogen-bond donors (Lipinski definition) is 2. The molecule has 7 heteroatoms. The van der Waals surface area contributed by atoms with Crippen molar-refractivity contribution in [1.29, 1.82) is 0 Å². The topological polar surface area (TPSA) is 84.7 Å². The largest absolute Gasteiger partial charge is 0.309 e. The van der Waals surface area contributed by atoms with Gasteiger partial charge in [-0.3, -0.25) is 14.5 Å². The fourth-order valence-corrected chi connectivity index (χ4v) is 3.60. The quantitative estimate of drug-likeness (QED) is 0.428.